The average molecular weight is 1520 g/mol. The van der Waals surface area contributed by atoms with E-state index in [-0.39, 0.29) is 27.9 Å². The zero-order valence-electron chi connectivity index (χ0n) is 62.4. The Morgan fingerprint density at radius 2 is 0.470 bits per heavy atom. The van der Waals surface area contributed by atoms with E-state index >= 15 is 0 Å². The molecule has 18 aromatic rings. The number of rotatable bonds is 10. The SMILES string of the molecule is c1ccc(-c2cc3c4c(c2)N(c2ccccc2)c2c(-c5ccccc5)cc(-c5ccccc5)cc2N4c2cccc4c2B3c2ccc3c5c2N4c2c(-c4ccccc4)[se]c(-c4ccccc4)c2N5c2cccc4c2B3c2ccc(-c3ccccc3)c3c2N4c2cc(-c4ccccc4)cc(-c4ccccc4)c2N3c2ccccc2)cc1. The summed E-state index contributed by atoms with van der Waals surface area (Å²) in [5.41, 5.74) is 45.1. The fourth-order valence-electron chi connectivity index (χ4n) is 20.2. The van der Waals surface area contributed by atoms with Crippen molar-refractivity contribution in [1.82, 2.24) is 0 Å². The van der Waals surface area contributed by atoms with Crippen LogP contribution in [0.15, 0.2) is 400 Å². The van der Waals surface area contributed by atoms with Crippen molar-refractivity contribution in [3.8, 4) is 86.8 Å². The van der Waals surface area contributed by atoms with Gasteiger partial charge in [0.1, 0.15) is 0 Å². The molecular weight excluding hydrogens is 1460 g/mol. The maximum atomic E-state index is 2.81. The zero-order chi connectivity index (χ0) is 75.1. The minimum absolute atomic E-state index is 0.197. The Bertz CT molecular complexity index is 7040. The van der Waals surface area contributed by atoms with Gasteiger partial charge in [-0.15, -0.1) is 0 Å². The topological polar surface area (TPSA) is 19.4 Å². The van der Waals surface area contributed by atoms with Crippen molar-refractivity contribution in [1.29, 1.82) is 0 Å². The molecule has 25 rings (SSSR count). The molecule has 0 saturated heterocycles. The van der Waals surface area contributed by atoms with Gasteiger partial charge in [0, 0.05) is 0 Å². The van der Waals surface area contributed by atoms with Gasteiger partial charge in [-0.3, -0.25) is 0 Å². The molecule has 7 aliphatic heterocycles. The molecule has 0 N–H and O–H groups in total. The van der Waals surface area contributed by atoms with Gasteiger partial charge in [0.15, 0.2) is 0 Å². The third kappa shape index (κ3) is 9.30. The molecule has 0 atom stereocenters. The first kappa shape index (κ1) is 64.3. The Kier molecular flexibility index (Phi) is 14.0. The third-order valence-corrected chi connectivity index (χ3v) is 27.5. The molecule has 0 aliphatic carbocycles. The van der Waals surface area contributed by atoms with Crippen molar-refractivity contribution in [2.24, 2.45) is 0 Å². The summed E-state index contributed by atoms with van der Waals surface area (Å²) >= 11 is -0.197. The van der Waals surface area contributed by atoms with Gasteiger partial charge >= 0.3 is 546 Å². The fourth-order valence-corrected chi connectivity index (χ4v) is 22.9. The van der Waals surface area contributed by atoms with Crippen molar-refractivity contribution in [2.75, 3.05) is 29.4 Å². The van der Waals surface area contributed by atoms with Crippen LogP contribution in [0.5, 0.6) is 0 Å². The molecule has 0 spiro atoms. The molecule has 0 unspecified atom stereocenters. The molecule has 0 radical (unpaired) electrons. The molecule has 0 amide bonds. The van der Waals surface area contributed by atoms with Crippen LogP contribution in [0.1, 0.15) is 0 Å². The van der Waals surface area contributed by atoms with Crippen LogP contribution in [-0.2, 0) is 0 Å². The van der Waals surface area contributed by atoms with Gasteiger partial charge in [0.25, 0.3) is 0 Å². The standard InChI is InChI=1S/C106H66B2N6Se/c1-11-33-67(34-12-1)75-61-81(71-41-19-5-20-42-71)96-91(64-75)111-87-53-31-56-90-95(87)108(86-63-77(69-37-15-3-16-38-69)66-93(99(86)111)109(96)78-49-27-9-28-50-78)85-60-59-84-101-102(85)114(90)104-103(105(73-45-23-7-24-46-73)115-106(104)74-47-25-8-26-48-74)113(101)89-55-32-54-88-94(89)107(84)83-58-57-80(70-39-17-4-18-40-70)98-100(83)112(88)92-65-76(68-35-13-2-14-36-68)62-82(72-43-21-6-22-44-72)97(92)110(98)79-51-29-10-30-52-79/h1-66H. The van der Waals surface area contributed by atoms with E-state index < -0.39 is 0 Å². The maximum absolute atomic E-state index is 2.81. The molecular formula is C106H66B2N6Se. The van der Waals surface area contributed by atoms with E-state index in [1.54, 1.807) is 0 Å². The summed E-state index contributed by atoms with van der Waals surface area (Å²) in [5.74, 6) is 0. The van der Waals surface area contributed by atoms with E-state index in [1.165, 1.54) is 115 Å². The molecule has 0 fully saturated rings. The van der Waals surface area contributed by atoms with Gasteiger partial charge in [0.2, 0.25) is 0 Å². The fraction of sp³-hybridized carbons (Fsp3) is 0. The Hall–Kier alpha value is -14.3. The average Bonchev–Trinajstić information content (AvgIpc) is 1.61. The second-order valence-corrected chi connectivity index (χ2v) is 33.1. The van der Waals surface area contributed by atoms with Gasteiger partial charge in [-0.2, -0.15) is 0 Å². The van der Waals surface area contributed by atoms with Gasteiger partial charge in [-0.1, -0.05) is 133 Å². The summed E-state index contributed by atoms with van der Waals surface area (Å²) in [4.78, 5) is 16.2. The number of anilines is 18. The molecule has 9 heteroatoms. The third-order valence-electron chi connectivity index (χ3n) is 24.9. The van der Waals surface area contributed by atoms with Crippen molar-refractivity contribution in [2.45, 2.75) is 0 Å². The van der Waals surface area contributed by atoms with E-state index in [9.17, 15) is 0 Å². The summed E-state index contributed by atoms with van der Waals surface area (Å²) in [5, 5.41) is 0. The quantitative estimate of drug-likeness (QED) is 0.126. The van der Waals surface area contributed by atoms with Crippen LogP contribution >= 0.6 is 0 Å². The number of fused-ring (bicyclic) bond motifs is 15. The van der Waals surface area contributed by atoms with E-state index in [1.807, 2.05) is 0 Å². The molecule has 7 aliphatic rings. The van der Waals surface area contributed by atoms with Crippen LogP contribution in [0.3, 0.4) is 0 Å². The van der Waals surface area contributed by atoms with Crippen molar-refractivity contribution < 1.29 is 0 Å². The molecule has 0 saturated carbocycles. The number of para-hydroxylation sites is 2. The first-order valence-corrected chi connectivity index (χ1v) is 41.5. The second-order valence-electron chi connectivity index (χ2n) is 30.9. The number of hydrogen-bond acceptors (Lipinski definition) is 6. The van der Waals surface area contributed by atoms with Gasteiger partial charge in [-0.25, -0.2) is 0 Å². The minimum atomic E-state index is -0.240. The van der Waals surface area contributed by atoms with Crippen LogP contribution in [0.2, 0.25) is 0 Å². The van der Waals surface area contributed by atoms with Gasteiger partial charge in [0.05, 0.1) is 0 Å². The predicted octanol–water partition coefficient (Wildman–Crippen LogP) is 24.1. The summed E-state index contributed by atoms with van der Waals surface area (Å²) in [6, 6.07) is 151. The first-order chi connectivity index (χ1) is 57.1. The normalized spacial score (nSPS) is 13.4. The van der Waals surface area contributed by atoms with Crippen molar-refractivity contribution >= 4 is 163 Å². The van der Waals surface area contributed by atoms with E-state index in [2.05, 4.69) is 430 Å². The van der Waals surface area contributed by atoms with Crippen LogP contribution < -0.4 is 62.2 Å². The van der Waals surface area contributed by atoms with Gasteiger partial charge in [-0.05, 0) is 0 Å². The first-order valence-electron chi connectivity index (χ1n) is 39.8. The molecule has 532 valence electrons. The summed E-state index contributed by atoms with van der Waals surface area (Å²) in [6.07, 6.45) is 0. The summed E-state index contributed by atoms with van der Waals surface area (Å²) in [6.45, 7) is -0.468. The van der Waals surface area contributed by atoms with E-state index in [0.717, 1.165) is 107 Å². The van der Waals surface area contributed by atoms with E-state index in [4.69, 9.17) is 0 Å². The predicted molar refractivity (Wildman–Crippen MR) is 485 cm³/mol. The van der Waals surface area contributed by atoms with Gasteiger partial charge < -0.3 is 0 Å². The van der Waals surface area contributed by atoms with Crippen LogP contribution in [-0.4, -0.2) is 27.9 Å². The van der Waals surface area contributed by atoms with Crippen LogP contribution in [0.25, 0.3) is 86.8 Å². The molecule has 0 bridgehead atoms. The number of hydrogen-bond donors (Lipinski definition) is 0. The molecule has 1 aromatic heterocycles. The van der Waals surface area contributed by atoms with Crippen LogP contribution in [0, 0.1) is 0 Å². The Morgan fingerprint density at radius 1 is 0.165 bits per heavy atom. The Balaban J connectivity index is 0.820. The molecule has 6 nitrogen and oxygen atoms in total. The summed E-state index contributed by atoms with van der Waals surface area (Å²) in [7, 11) is 0. The molecule has 8 heterocycles. The van der Waals surface area contributed by atoms with Crippen molar-refractivity contribution in [3.05, 3.63) is 400 Å². The number of nitrogens with zero attached hydrogens (tertiary/aromatic N) is 6. The Morgan fingerprint density at radius 3 is 0.887 bits per heavy atom. The summed E-state index contributed by atoms with van der Waals surface area (Å²) < 4.78 is 2.71. The van der Waals surface area contributed by atoms with Crippen LogP contribution in [0.4, 0.5) is 102 Å². The van der Waals surface area contributed by atoms with Crippen molar-refractivity contribution in [3.63, 3.8) is 0 Å². The monoisotopic (exact) mass is 1520 g/mol. The Labute approximate surface area is 674 Å². The zero-order valence-corrected chi connectivity index (χ0v) is 64.1. The van der Waals surface area contributed by atoms with E-state index in [0.29, 0.717) is 0 Å². The number of benzene rings is 17. The second kappa shape index (κ2) is 25.1. The molecule has 17 aromatic carbocycles. The molecule has 115 heavy (non-hydrogen) atoms.